The van der Waals surface area contributed by atoms with Gasteiger partial charge >= 0.3 is 5.97 Å². The average Bonchev–Trinajstić information content (AvgIpc) is 2.67. The first-order chi connectivity index (χ1) is 8.75. The number of amides is 1. The molecule has 2 N–H and O–H groups in total. The summed E-state index contributed by atoms with van der Waals surface area (Å²) >= 11 is 1.15. The Morgan fingerprint density at radius 3 is 2.42 bits per heavy atom. The lowest BCUT2D eigenvalue weighted by Gasteiger charge is -2.02. The highest BCUT2D eigenvalue weighted by Crippen LogP contribution is 2.58. The standard InChI is InChI=1S/C12H14N2O4S/c1-5(15)6-4-19-11(13-6)14-9(16)7-8(10(17)18)12(7,2)3/h4,7-8H,1-3H3,(H,17,18)(H,13,14,16)/t7-,8+/m1/s1. The van der Waals surface area contributed by atoms with Crippen LogP contribution < -0.4 is 5.32 Å². The zero-order valence-corrected chi connectivity index (χ0v) is 11.6. The number of carbonyl (C=O) groups is 3. The van der Waals surface area contributed by atoms with E-state index in [1.165, 1.54) is 6.92 Å². The minimum Gasteiger partial charge on any atom is -0.481 e. The molecule has 2 rings (SSSR count). The van der Waals surface area contributed by atoms with Crippen LogP contribution in [0.25, 0.3) is 0 Å². The quantitative estimate of drug-likeness (QED) is 0.818. The molecule has 0 aliphatic heterocycles. The molecule has 2 atom stereocenters. The summed E-state index contributed by atoms with van der Waals surface area (Å²) in [6, 6.07) is 0. The molecule has 6 nitrogen and oxygen atoms in total. The van der Waals surface area contributed by atoms with Gasteiger partial charge in [0.05, 0.1) is 11.8 Å². The van der Waals surface area contributed by atoms with Crippen molar-refractivity contribution in [3.63, 3.8) is 0 Å². The number of nitrogens with zero attached hydrogens (tertiary/aromatic N) is 1. The van der Waals surface area contributed by atoms with Crippen LogP contribution in [-0.4, -0.2) is 27.8 Å². The Balaban J connectivity index is 2.06. The topological polar surface area (TPSA) is 96.4 Å². The van der Waals surface area contributed by atoms with Crippen LogP contribution in [0.5, 0.6) is 0 Å². The largest absolute Gasteiger partial charge is 0.481 e. The zero-order chi connectivity index (χ0) is 14.4. The molecule has 19 heavy (non-hydrogen) atoms. The number of carboxylic acids is 1. The average molecular weight is 282 g/mol. The first-order valence-corrected chi connectivity index (χ1v) is 6.63. The number of carboxylic acid groups (broad SMARTS) is 1. The van der Waals surface area contributed by atoms with Crippen LogP contribution in [0, 0.1) is 17.3 Å². The normalized spacial score (nSPS) is 23.7. The van der Waals surface area contributed by atoms with E-state index in [0.717, 1.165) is 11.3 Å². The highest BCUT2D eigenvalue weighted by Gasteiger charge is 2.65. The van der Waals surface area contributed by atoms with Gasteiger partial charge in [-0.1, -0.05) is 13.8 Å². The Morgan fingerprint density at radius 2 is 2.00 bits per heavy atom. The molecule has 0 bridgehead atoms. The third-order valence-electron chi connectivity index (χ3n) is 3.47. The van der Waals surface area contributed by atoms with E-state index in [9.17, 15) is 14.4 Å². The number of aromatic nitrogens is 1. The molecule has 0 unspecified atom stereocenters. The SMILES string of the molecule is CC(=O)c1csc(NC(=O)[C@H]2[C@@H](C(=O)O)C2(C)C)n1. The van der Waals surface area contributed by atoms with E-state index in [2.05, 4.69) is 10.3 Å². The number of Topliss-reactive ketones (excluding diaryl/α,β-unsaturated/α-hetero) is 1. The minimum atomic E-state index is -0.964. The third kappa shape index (κ3) is 2.37. The number of hydrogen-bond acceptors (Lipinski definition) is 5. The molecule has 0 aromatic carbocycles. The smallest absolute Gasteiger partial charge is 0.307 e. The van der Waals surface area contributed by atoms with Crippen LogP contribution in [0.2, 0.25) is 0 Å². The van der Waals surface area contributed by atoms with E-state index >= 15 is 0 Å². The van der Waals surface area contributed by atoms with Gasteiger partial charge in [-0.05, 0) is 5.41 Å². The Labute approximate surface area is 113 Å². The summed E-state index contributed by atoms with van der Waals surface area (Å²) in [5.74, 6) is -2.73. The molecule has 0 radical (unpaired) electrons. The van der Waals surface area contributed by atoms with Gasteiger partial charge in [0.25, 0.3) is 0 Å². The second-order valence-electron chi connectivity index (χ2n) is 5.20. The number of ketones is 1. The second kappa shape index (κ2) is 4.41. The fourth-order valence-electron chi connectivity index (χ4n) is 2.26. The van der Waals surface area contributed by atoms with E-state index in [1.54, 1.807) is 19.2 Å². The molecule has 0 saturated heterocycles. The van der Waals surface area contributed by atoms with Gasteiger partial charge in [0.15, 0.2) is 10.9 Å². The molecule has 1 saturated carbocycles. The molecule has 1 amide bonds. The number of thiazole rings is 1. The Kier molecular flexibility index (Phi) is 3.17. The summed E-state index contributed by atoms with van der Waals surface area (Å²) in [4.78, 5) is 38.0. The lowest BCUT2D eigenvalue weighted by molar-refractivity contribution is -0.140. The summed E-state index contributed by atoms with van der Waals surface area (Å²) in [5, 5.41) is 13.5. The molecular weight excluding hydrogens is 268 g/mol. The van der Waals surface area contributed by atoms with Gasteiger partial charge < -0.3 is 10.4 Å². The van der Waals surface area contributed by atoms with E-state index in [-0.39, 0.29) is 11.7 Å². The van der Waals surface area contributed by atoms with Crippen LogP contribution in [-0.2, 0) is 9.59 Å². The number of carbonyl (C=O) groups excluding carboxylic acids is 2. The van der Waals surface area contributed by atoms with Gasteiger partial charge in [0.2, 0.25) is 5.91 Å². The Bertz CT molecular complexity index is 564. The predicted octanol–water partition coefficient (Wildman–Crippen LogP) is 1.64. The van der Waals surface area contributed by atoms with Gasteiger partial charge in [-0.15, -0.1) is 11.3 Å². The number of hydrogen-bond donors (Lipinski definition) is 2. The van der Waals surface area contributed by atoms with Gasteiger partial charge in [0.1, 0.15) is 5.69 Å². The molecule has 1 fully saturated rings. The van der Waals surface area contributed by atoms with Crippen LogP contribution in [0.4, 0.5) is 5.13 Å². The van der Waals surface area contributed by atoms with Crippen LogP contribution in [0.15, 0.2) is 5.38 Å². The van der Waals surface area contributed by atoms with Gasteiger partial charge in [0, 0.05) is 12.3 Å². The highest BCUT2D eigenvalue weighted by atomic mass is 32.1. The van der Waals surface area contributed by atoms with Crippen molar-refractivity contribution in [2.75, 3.05) is 5.32 Å². The highest BCUT2D eigenvalue weighted by molar-refractivity contribution is 7.14. The lowest BCUT2D eigenvalue weighted by atomic mass is 10.1. The van der Waals surface area contributed by atoms with Crippen LogP contribution in [0.1, 0.15) is 31.3 Å². The molecule has 1 aliphatic rings. The van der Waals surface area contributed by atoms with E-state index in [1.807, 2.05) is 0 Å². The van der Waals surface area contributed by atoms with Crippen molar-refractivity contribution in [2.45, 2.75) is 20.8 Å². The van der Waals surface area contributed by atoms with Gasteiger partial charge in [-0.3, -0.25) is 14.4 Å². The molecular formula is C12H14N2O4S. The van der Waals surface area contributed by atoms with Crippen molar-refractivity contribution in [1.29, 1.82) is 0 Å². The van der Waals surface area contributed by atoms with Gasteiger partial charge in [-0.25, -0.2) is 4.98 Å². The molecule has 1 aromatic rings. The number of aliphatic carboxylic acids is 1. The molecule has 1 aromatic heterocycles. The van der Waals surface area contributed by atoms with Crippen LogP contribution in [0.3, 0.4) is 0 Å². The molecule has 102 valence electrons. The summed E-state index contributed by atoms with van der Waals surface area (Å²) in [6.07, 6.45) is 0. The molecule has 0 spiro atoms. The van der Waals surface area contributed by atoms with Crippen molar-refractivity contribution in [3.8, 4) is 0 Å². The maximum atomic E-state index is 12.0. The minimum absolute atomic E-state index is 0.174. The van der Waals surface area contributed by atoms with Crippen LogP contribution >= 0.6 is 11.3 Å². The summed E-state index contributed by atoms with van der Waals surface area (Å²) in [7, 11) is 0. The van der Waals surface area contributed by atoms with Crippen molar-refractivity contribution in [2.24, 2.45) is 17.3 Å². The van der Waals surface area contributed by atoms with E-state index in [0.29, 0.717) is 10.8 Å². The number of rotatable bonds is 4. The molecule has 1 aliphatic carbocycles. The monoisotopic (exact) mass is 282 g/mol. The summed E-state index contributed by atoms with van der Waals surface area (Å²) in [6.45, 7) is 4.89. The fourth-order valence-corrected chi connectivity index (χ4v) is 3.02. The summed E-state index contributed by atoms with van der Waals surface area (Å²) < 4.78 is 0. The van der Waals surface area contributed by atoms with E-state index in [4.69, 9.17) is 5.11 Å². The second-order valence-corrected chi connectivity index (χ2v) is 6.06. The maximum absolute atomic E-state index is 12.0. The lowest BCUT2D eigenvalue weighted by Crippen LogP contribution is -2.17. The first-order valence-electron chi connectivity index (χ1n) is 5.75. The first kappa shape index (κ1) is 13.7. The molecule has 1 heterocycles. The summed E-state index contributed by atoms with van der Waals surface area (Å²) in [5.41, 5.74) is -0.249. The fraction of sp³-hybridized carbons (Fsp3) is 0.500. The third-order valence-corrected chi connectivity index (χ3v) is 4.23. The maximum Gasteiger partial charge on any atom is 0.307 e. The van der Waals surface area contributed by atoms with E-state index < -0.39 is 23.2 Å². The van der Waals surface area contributed by atoms with Crippen molar-refractivity contribution >= 4 is 34.1 Å². The zero-order valence-electron chi connectivity index (χ0n) is 10.8. The number of anilines is 1. The van der Waals surface area contributed by atoms with Gasteiger partial charge in [-0.2, -0.15) is 0 Å². The Morgan fingerprint density at radius 1 is 1.37 bits per heavy atom. The predicted molar refractivity (Wildman–Crippen MR) is 69.1 cm³/mol. The number of nitrogens with one attached hydrogen (secondary N) is 1. The van der Waals surface area contributed by atoms with Crippen molar-refractivity contribution in [3.05, 3.63) is 11.1 Å². The van der Waals surface area contributed by atoms with Crippen molar-refractivity contribution in [1.82, 2.24) is 4.98 Å². The van der Waals surface area contributed by atoms with Crippen molar-refractivity contribution < 1.29 is 19.5 Å². The Hall–Kier alpha value is -1.76. The molecule has 7 heteroatoms.